The Kier molecular flexibility index (Phi) is 7.32. The van der Waals surface area contributed by atoms with Crippen molar-refractivity contribution in [1.82, 2.24) is 10.6 Å². The van der Waals surface area contributed by atoms with Crippen LogP contribution in [-0.4, -0.2) is 42.5 Å². The summed E-state index contributed by atoms with van der Waals surface area (Å²) in [5.41, 5.74) is 0.747. The number of carboxylic acids is 1. The zero-order valence-corrected chi connectivity index (χ0v) is 14.7. The fourth-order valence-corrected chi connectivity index (χ4v) is 3.00. The molecule has 0 bridgehead atoms. The first-order chi connectivity index (χ1) is 12.7. The van der Waals surface area contributed by atoms with E-state index in [1.807, 2.05) is 0 Å². The van der Waals surface area contributed by atoms with Crippen LogP contribution in [-0.2, 0) is 11.2 Å². The number of urea groups is 1. The molecule has 1 aromatic carbocycles. The number of halogens is 3. The molecule has 150 valence electrons. The molecule has 1 saturated carbocycles. The number of aliphatic carboxylic acids is 1. The summed E-state index contributed by atoms with van der Waals surface area (Å²) in [6.45, 7) is -1.03. The summed E-state index contributed by atoms with van der Waals surface area (Å²) in [5.74, 6) is -0.998. The van der Waals surface area contributed by atoms with E-state index in [4.69, 9.17) is 9.84 Å². The van der Waals surface area contributed by atoms with Crippen LogP contribution in [0.4, 0.5) is 18.0 Å². The normalized spacial score (nSPS) is 20.0. The molecule has 1 aromatic rings. The highest BCUT2D eigenvalue weighted by Crippen LogP contribution is 2.24. The fraction of sp³-hybridized carbons (Fsp3) is 0.556. The van der Waals surface area contributed by atoms with Crippen LogP contribution in [0.15, 0.2) is 24.3 Å². The van der Waals surface area contributed by atoms with Crippen molar-refractivity contribution in [3.8, 4) is 5.75 Å². The Hall–Kier alpha value is -2.45. The van der Waals surface area contributed by atoms with Gasteiger partial charge in [0.25, 0.3) is 0 Å². The molecule has 3 N–H and O–H groups in total. The Labute approximate surface area is 155 Å². The number of rotatable bonds is 7. The molecule has 2 rings (SSSR count). The molecular formula is C18H23F3N2O4. The van der Waals surface area contributed by atoms with Crippen molar-refractivity contribution in [2.45, 2.75) is 44.3 Å². The summed E-state index contributed by atoms with van der Waals surface area (Å²) in [5, 5.41) is 14.5. The smallest absolute Gasteiger partial charge is 0.422 e. The lowest BCUT2D eigenvalue weighted by Crippen LogP contribution is -2.44. The number of amides is 2. The van der Waals surface area contributed by atoms with Gasteiger partial charge in [0.1, 0.15) is 5.75 Å². The fourth-order valence-electron chi connectivity index (χ4n) is 3.00. The van der Waals surface area contributed by atoms with Crippen LogP contribution in [0.3, 0.4) is 0 Å². The van der Waals surface area contributed by atoms with Crippen molar-refractivity contribution >= 4 is 12.0 Å². The second-order valence-corrected chi connectivity index (χ2v) is 6.59. The molecule has 0 spiro atoms. The molecule has 0 unspecified atom stereocenters. The molecular weight excluding hydrogens is 365 g/mol. The van der Waals surface area contributed by atoms with Gasteiger partial charge in [0.2, 0.25) is 0 Å². The molecule has 9 heteroatoms. The van der Waals surface area contributed by atoms with Gasteiger partial charge in [-0.3, -0.25) is 4.79 Å². The minimum Gasteiger partial charge on any atom is -0.484 e. The Morgan fingerprint density at radius 3 is 2.52 bits per heavy atom. The third-order valence-electron chi connectivity index (χ3n) is 4.41. The molecule has 0 atom stereocenters. The van der Waals surface area contributed by atoms with E-state index >= 15 is 0 Å². The largest absolute Gasteiger partial charge is 0.484 e. The van der Waals surface area contributed by atoms with Crippen molar-refractivity contribution < 1.29 is 32.6 Å². The Morgan fingerprint density at radius 1 is 1.19 bits per heavy atom. The van der Waals surface area contributed by atoms with Gasteiger partial charge in [-0.2, -0.15) is 13.2 Å². The summed E-state index contributed by atoms with van der Waals surface area (Å²) in [4.78, 5) is 22.8. The number of carbonyl (C=O) groups excluding carboxylic acids is 1. The molecule has 1 aliphatic rings. The maximum absolute atomic E-state index is 12.2. The van der Waals surface area contributed by atoms with Crippen molar-refractivity contribution in [3.63, 3.8) is 0 Å². The first-order valence-electron chi connectivity index (χ1n) is 8.78. The van der Waals surface area contributed by atoms with E-state index in [2.05, 4.69) is 10.6 Å². The van der Waals surface area contributed by atoms with Gasteiger partial charge in [-0.15, -0.1) is 0 Å². The average Bonchev–Trinajstić information content (AvgIpc) is 2.60. The maximum Gasteiger partial charge on any atom is 0.422 e. The lowest BCUT2D eigenvalue weighted by molar-refractivity contribution is -0.153. The van der Waals surface area contributed by atoms with Crippen LogP contribution in [0.2, 0.25) is 0 Å². The molecule has 0 aromatic heterocycles. The third kappa shape index (κ3) is 7.76. The van der Waals surface area contributed by atoms with E-state index in [1.54, 1.807) is 12.1 Å². The van der Waals surface area contributed by atoms with Crippen LogP contribution < -0.4 is 15.4 Å². The van der Waals surface area contributed by atoms with E-state index < -0.39 is 18.8 Å². The minimum absolute atomic E-state index is 0.0419. The number of nitrogens with one attached hydrogen (secondary N) is 2. The summed E-state index contributed by atoms with van der Waals surface area (Å²) in [7, 11) is 0. The maximum atomic E-state index is 12.2. The second-order valence-electron chi connectivity index (χ2n) is 6.59. The Morgan fingerprint density at radius 2 is 1.89 bits per heavy atom. The van der Waals surface area contributed by atoms with Gasteiger partial charge in [0, 0.05) is 12.6 Å². The molecule has 6 nitrogen and oxygen atoms in total. The van der Waals surface area contributed by atoms with Crippen molar-refractivity contribution in [1.29, 1.82) is 0 Å². The average molecular weight is 388 g/mol. The molecule has 0 radical (unpaired) electrons. The van der Waals surface area contributed by atoms with Crippen LogP contribution in [0.1, 0.15) is 31.2 Å². The van der Waals surface area contributed by atoms with Crippen LogP contribution >= 0.6 is 0 Å². The number of benzene rings is 1. The predicted octanol–water partition coefficient (Wildman–Crippen LogP) is 3.11. The van der Waals surface area contributed by atoms with Gasteiger partial charge >= 0.3 is 18.2 Å². The molecule has 1 aliphatic carbocycles. The SMILES string of the molecule is O=C(NCCc1cccc(OCC(F)(F)F)c1)NC1CCC(C(=O)O)CC1. The number of hydrogen-bond donors (Lipinski definition) is 3. The lowest BCUT2D eigenvalue weighted by atomic mass is 9.86. The molecule has 2 amide bonds. The monoisotopic (exact) mass is 388 g/mol. The van der Waals surface area contributed by atoms with Gasteiger partial charge in [0.05, 0.1) is 5.92 Å². The summed E-state index contributed by atoms with van der Waals surface area (Å²) in [6.07, 6.45) is -1.59. The first-order valence-corrected chi connectivity index (χ1v) is 8.78. The summed E-state index contributed by atoms with van der Waals surface area (Å²) >= 11 is 0. The molecule has 27 heavy (non-hydrogen) atoms. The molecule has 0 saturated heterocycles. The topological polar surface area (TPSA) is 87.7 Å². The summed E-state index contributed by atoms with van der Waals surface area (Å²) in [6, 6.07) is 5.93. The number of carbonyl (C=O) groups is 2. The minimum atomic E-state index is -4.39. The van der Waals surface area contributed by atoms with Crippen LogP contribution in [0.5, 0.6) is 5.75 Å². The van der Waals surface area contributed by atoms with Gasteiger partial charge < -0.3 is 20.5 Å². The van der Waals surface area contributed by atoms with Crippen molar-refractivity contribution in [2.75, 3.05) is 13.2 Å². The molecule has 0 heterocycles. The van der Waals surface area contributed by atoms with E-state index in [0.29, 0.717) is 38.6 Å². The number of ether oxygens (including phenoxy) is 1. The highest BCUT2D eigenvalue weighted by Gasteiger charge is 2.28. The van der Waals surface area contributed by atoms with E-state index in [0.717, 1.165) is 5.56 Å². The highest BCUT2D eigenvalue weighted by atomic mass is 19.4. The van der Waals surface area contributed by atoms with Gasteiger partial charge in [-0.05, 0) is 49.8 Å². The molecule has 0 aliphatic heterocycles. The molecule has 1 fully saturated rings. The number of alkyl halides is 3. The zero-order chi connectivity index (χ0) is 19.9. The third-order valence-corrected chi connectivity index (χ3v) is 4.41. The standard InChI is InChI=1S/C18H23F3N2O4/c19-18(20,21)11-27-15-3-1-2-12(10-15)8-9-22-17(26)23-14-6-4-13(5-7-14)16(24)25/h1-3,10,13-14H,4-9,11H2,(H,24,25)(H2,22,23,26). The van der Waals surface area contributed by atoms with Gasteiger partial charge in [0.15, 0.2) is 6.61 Å². The first kappa shape index (κ1) is 20.9. The second kappa shape index (κ2) is 9.48. The summed E-state index contributed by atoms with van der Waals surface area (Å²) < 4.78 is 41.2. The van der Waals surface area contributed by atoms with Crippen molar-refractivity contribution in [2.24, 2.45) is 5.92 Å². The van der Waals surface area contributed by atoms with Gasteiger partial charge in [-0.25, -0.2) is 4.79 Å². The Balaban J connectivity index is 1.68. The van der Waals surface area contributed by atoms with Crippen LogP contribution in [0.25, 0.3) is 0 Å². The van der Waals surface area contributed by atoms with Crippen LogP contribution in [0, 0.1) is 5.92 Å². The van der Waals surface area contributed by atoms with E-state index in [9.17, 15) is 22.8 Å². The quantitative estimate of drug-likeness (QED) is 0.670. The Bertz CT molecular complexity index is 644. The van der Waals surface area contributed by atoms with E-state index in [-0.39, 0.29) is 23.7 Å². The lowest BCUT2D eigenvalue weighted by Gasteiger charge is -2.26. The van der Waals surface area contributed by atoms with E-state index in [1.165, 1.54) is 12.1 Å². The highest BCUT2D eigenvalue weighted by molar-refractivity contribution is 5.74. The van der Waals surface area contributed by atoms with Gasteiger partial charge in [-0.1, -0.05) is 12.1 Å². The zero-order valence-electron chi connectivity index (χ0n) is 14.7. The number of hydrogen-bond acceptors (Lipinski definition) is 3. The van der Waals surface area contributed by atoms with Crippen molar-refractivity contribution in [3.05, 3.63) is 29.8 Å². The number of carboxylic acid groups (broad SMARTS) is 1. The predicted molar refractivity (Wildman–Crippen MR) is 91.6 cm³/mol.